The average Bonchev–Trinajstić information content (AvgIpc) is 2.31. The number of carboxylic acids is 1. The van der Waals surface area contributed by atoms with Gasteiger partial charge in [0.1, 0.15) is 6.04 Å². The fourth-order valence-electron chi connectivity index (χ4n) is 1.75. The second-order valence-electron chi connectivity index (χ2n) is 4.24. The Morgan fingerprint density at radius 3 is 2.56 bits per heavy atom. The molecule has 0 aliphatic heterocycles. The van der Waals surface area contributed by atoms with E-state index in [1.807, 2.05) is 19.9 Å². The third-order valence-electron chi connectivity index (χ3n) is 2.77. The fraction of sp³-hybridized carbons (Fsp3) is 0.462. The summed E-state index contributed by atoms with van der Waals surface area (Å²) in [5.74, 6) is -0.830. The molecule has 5 heteroatoms. The summed E-state index contributed by atoms with van der Waals surface area (Å²) in [5, 5.41) is 13.1. The molecule has 3 nitrogen and oxygen atoms in total. The van der Waals surface area contributed by atoms with E-state index in [9.17, 15) is 4.79 Å². The third kappa shape index (κ3) is 4.16. The van der Waals surface area contributed by atoms with E-state index in [0.717, 1.165) is 12.0 Å². The minimum atomic E-state index is -0.830. The summed E-state index contributed by atoms with van der Waals surface area (Å²) in [5.41, 5.74) is 0.923. The van der Waals surface area contributed by atoms with Crippen LogP contribution in [-0.4, -0.2) is 17.1 Å². The molecule has 2 N–H and O–H groups in total. The van der Waals surface area contributed by atoms with Gasteiger partial charge in [0.15, 0.2) is 0 Å². The number of rotatable bonds is 6. The van der Waals surface area contributed by atoms with Crippen LogP contribution in [-0.2, 0) is 4.79 Å². The lowest BCUT2D eigenvalue weighted by molar-refractivity contribution is -0.139. The number of hydrogen-bond donors (Lipinski definition) is 2. The number of nitrogens with one attached hydrogen (secondary N) is 1. The van der Waals surface area contributed by atoms with Crippen LogP contribution in [0.3, 0.4) is 0 Å². The van der Waals surface area contributed by atoms with Gasteiger partial charge in [-0.15, -0.1) is 0 Å². The monoisotopic (exact) mass is 289 g/mol. The van der Waals surface area contributed by atoms with Crippen molar-refractivity contribution in [1.82, 2.24) is 5.32 Å². The molecule has 1 aromatic rings. The first-order valence-corrected chi connectivity index (χ1v) is 6.65. The molecule has 18 heavy (non-hydrogen) atoms. The van der Waals surface area contributed by atoms with E-state index in [2.05, 4.69) is 5.32 Å². The molecule has 1 rings (SSSR count). The first-order valence-electron chi connectivity index (χ1n) is 5.89. The highest BCUT2D eigenvalue weighted by Gasteiger charge is 2.19. The average molecular weight is 290 g/mol. The molecule has 2 unspecified atom stereocenters. The summed E-state index contributed by atoms with van der Waals surface area (Å²) in [6, 6.07) is 4.68. The highest BCUT2D eigenvalue weighted by molar-refractivity contribution is 6.42. The quantitative estimate of drug-likeness (QED) is 0.835. The topological polar surface area (TPSA) is 49.3 Å². The molecule has 0 aliphatic rings. The van der Waals surface area contributed by atoms with Crippen molar-refractivity contribution in [2.24, 2.45) is 0 Å². The second-order valence-corrected chi connectivity index (χ2v) is 5.06. The van der Waals surface area contributed by atoms with Crippen LogP contribution in [0.15, 0.2) is 18.2 Å². The fourth-order valence-corrected chi connectivity index (χ4v) is 2.05. The van der Waals surface area contributed by atoms with Crippen molar-refractivity contribution in [3.8, 4) is 0 Å². The maximum absolute atomic E-state index is 11.1. The van der Waals surface area contributed by atoms with Crippen LogP contribution in [0.2, 0.25) is 10.0 Å². The molecule has 0 bridgehead atoms. The van der Waals surface area contributed by atoms with Crippen molar-refractivity contribution in [1.29, 1.82) is 0 Å². The molecule has 0 fully saturated rings. The summed E-state index contributed by atoms with van der Waals surface area (Å²) in [4.78, 5) is 11.1. The molecule has 2 atom stereocenters. The van der Waals surface area contributed by atoms with Crippen molar-refractivity contribution in [2.75, 3.05) is 0 Å². The first-order chi connectivity index (χ1) is 8.45. The van der Waals surface area contributed by atoms with E-state index in [-0.39, 0.29) is 6.04 Å². The molecular formula is C13H17Cl2NO2. The van der Waals surface area contributed by atoms with Crippen LogP contribution >= 0.6 is 23.2 Å². The van der Waals surface area contributed by atoms with Gasteiger partial charge in [0, 0.05) is 6.04 Å². The zero-order chi connectivity index (χ0) is 13.7. The Labute approximate surface area is 117 Å². The SMILES string of the molecule is CCCC(NC(C)c1ccc(Cl)c(Cl)c1)C(=O)O. The minimum Gasteiger partial charge on any atom is -0.480 e. The van der Waals surface area contributed by atoms with Crippen molar-refractivity contribution >= 4 is 29.2 Å². The largest absolute Gasteiger partial charge is 0.480 e. The van der Waals surface area contributed by atoms with Crippen LogP contribution in [0.5, 0.6) is 0 Å². The van der Waals surface area contributed by atoms with Crippen LogP contribution in [0.25, 0.3) is 0 Å². The lowest BCUT2D eigenvalue weighted by Crippen LogP contribution is -2.38. The van der Waals surface area contributed by atoms with Crippen molar-refractivity contribution < 1.29 is 9.90 Å². The van der Waals surface area contributed by atoms with Crippen LogP contribution in [0, 0.1) is 0 Å². The molecule has 0 aliphatic carbocycles. The highest BCUT2D eigenvalue weighted by atomic mass is 35.5. The summed E-state index contributed by atoms with van der Waals surface area (Å²) in [7, 11) is 0. The van der Waals surface area contributed by atoms with Crippen LogP contribution < -0.4 is 5.32 Å². The minimum absolute atomic E-state index is 0.0904. The Bertz CT molecular complexity index is 423. The van der Waals surface area contributed by atoms with E-state index in [4.69, 9.17) is 28.3 Å². The number of hydrogen-bond acceptors (Lipinski definition) is 2. The maximum Gasteiger partial charge on any atom is 0.320 e. The van der Waals surface area contributed by atoms with Gasteiger partial charge in [0.05, 0.1) is 10.0 Å². The molecule has 100 valence electrons. The number of carbonyl (C=O) groups is 1. The van der Waals surface area contributed by atoms with E-state index in [1.165, 1.54) is 0 Å². The molecular weight excluding hydrogens is 273 g/mol. The van der Waals surface area contributed by atoms with Gasteiger partial charge in [-0.3, -0.25) is 10.1 Å². The van der Waals surface area contributed by atoms with E-state index >= 15 is 0 Å². The van der Waals surface area contributed by atoms with Crippen LogP contribution in [0.1, 0.15) is 38.3 Å². The predicted molar refractivity (Wildman–Crippen MR) is 74.3 cm³/mol. The van der Waals surface area contributed by atoms with Gasteiger partial charge in [-0.05, 0) is 31.0 Å². The molecule has 1 aromatic carbocycles. The summed E-state index contributed by atoms with van der Waals surface area (Å²) < 4.78 is 0. The summed E-state index contributed by atoms with van der Waals surface area (Å²) in [6.07, 6.45) is 1.42. The highest BCUT2D eigenvalue weighted by Crippen LogP contribution is 2.25. The molecule has 0 heterocycles. The second kappa shape index (κ2) is 6.98. The Balaban J connectivity index is 2.76. The molecule has 0 amide bonds. The molecule has 0 saturated heterocycles. The molecule has 0 radical (unpaired) electrons. The van der Waals surface area contributed by atoms with E-state index in [0.29, 0.717) is 16.5 Å². The van der Waals surface area contributed by atoms with E-state index < -0.39 is 12.0 Å². The van der Waals surface area contributed by atoms with Crippen molar-refractivity contribution in [3.63, 3.8) is 0 Å². The predicted octanol–water partition coefficient (Wildman–Crippen LogP) is 3.90. The zero-order valence-corrected chi connectivity index (χ0v) is 11.9. The van der Waals surface area contributed by atoms with Gasteiger partial charge in [0.2, 0.25) is 0 Å². The standard InChI is InChI=1S/C13H17Cl2NO2/c1-3-4-12(13(17)18)16-8(2)9-5-6-10(14)11(15)7-9/h5-8,12,16H,3-4H2,1-2H3,(H,17,18). The summed E-state index contributed by atoms with van der Waals surface area (Å²) >= 11 is 11.8. The normalized spacial score (nSPS) is 14.2. The van der Waals surface area contributed by atoms with Crippen molar-refractivity contribution in [2.45, 2.75) is 38.8 Å². The van der Waals surface area contributed by atoms with Gasteiger partial charge < -0.3 is 5.11 Å². The Kier molecular flexibility index (Phi) is 5.93. The Morgan fingerprint density at radius 2 is 2.06 bits per heavy atom. The number of carboxylic acid groups (broad SMARTS) is 1. The van der Waals surface area contributed by atoms with Gasteiger partial charge in [-0.25, -0.2) is 0 Å². The number of aliphatic carboxylic acids is 1. The Hall–Kier alpha value is -0.770. The molecule has 0 saturated carbocycles. The van der Waals surface area contributed by atoms with Gasteiger partial charge >= 0.3 is 5.97 Å². The lowest BCUT2D eigenvalue weighted by Gasteiger charge is -2.20. The molecule has 0 aromatic heterocycles. The summed E-state index contributed by atoms with van der Waals surface area (Å²) in [6.45, 7) is 3.87. The molecule has 0 spiro atoms. The van der Waals surface area contributed by atoms with E-state index in [1.54, 1.807) is 12.1 Å². The van der Waals surface area contributed by atoms with Gasteiger partial charge in [-0.1, -0.05) is 42.6 Å². The smallest absolute Gasteiger partial charge is 0.320 e. The van der Waals surface area contributed by atoms with Crippen LogP contribution in [0.4, 0.5) is 0 Å². The maximum atomic E-state index is 11.1. The van der Waals surface area contributed by atoms with Gasteiger partial charge in [0.25, 0.3) is 0 Å². The Morgan fingerprint density at radius 1 is 1.39 bits per heavy atom. The first kappa shape index (κ1) is 15.3. The number of halogens is 2. The van der Waals surface area contributed by atoms with Crippen molar-refractivity contribution in [3.05, 3.63) is 33.8 Å². The number of benzene rings is 1. The van der Waals surface area contributed by atoms with Gasteiger partial charge in [-0.2, -0.15) is 0 Å². The lowest BCUT2D eigenvalue weighted by atomic mass is 10.1. The third-order valence-corrected chi connectivity index (χ3v) is 3.51. The zero-order valence-electron chi connectivity index (χ0n) is 10.4.